The highest BCUT2D eigenvalue weighted by Gasteiger charge is 2.34. The van der Waals surface area contributed by atoms with Crippen LogP contribution in [0.1, 0.15) is 32.1 Å². The number of rotatable bonds is 3. The Hall–Kier alpha value is -2.57. The van der Waals surface area contributed by atoms with Crippen LogP contribution in [0.5, 0.6) is 0 Å². The summed E-state index contributed by atoms with van der Waals surface area (Å²) in [6, 6.07) is 7.65. The summed E-state index contributed by atoms with van der Waals surface area (Å²) in [6.45, 7) is 4.15. The molecule has 2 saturated heterocycles. The van der Waals surface area contributed by atoms with E-state index in [1.165, 1.54) is 0 Å². The topological polar surface area (TPSA) is 53.4 Å². The molecule has 2 fully saturated rings. The van der Waals surface area contributed by atoms with Gasteiger partial charge in [-0.25, -0.2) is 4.68 Å². The number of carbonyl (C=O) groups excluding carboxylic acids is 1. The number of hydrogen-bond donors (Lipinski definition) is 1. The maximum absolute atomic E-state index is 13.5. The second-order valence-corrected chi connectivity index (χ2v) is 9.10. The van der Waals surface area contributed by atoms with Crippen LogP contribution in [0, 0.1) is 0 Å². The largest absolute Gasteiger partial charge is 0.343 e. The van der Waals surface area contributed by atoms with Crippen molar-refractivity contribution in [2.75, 3.05) is 37.6 Å². The summed E-state index contributed by atoms with van der Waals surface area (Å²) in [6.07, 6.45) is 13.7. The number of anilines is 1. The Morgan fingerprint density at radius 3 is 2.69 bits per heavy atom. The Balaban J connectivity index is 1.60. The fraction of sp³-hybridized carbons (Fsp3) is 0.440. The lowest BCUT2D eigenvalue weighted by Crippen LogP contribution is -2.56. The molecule has 6 nitrogen and oxygen atoms in total. The maximum atomic E-state index is 13.5. The molecule has 3 aliphatic rings. The molecule has 0 saturated carbocycles. The Morgan fingerprint density at radius 2 is 1.88 bits per heavy atom. The zero-order chi connectivity index (χ0) is 21.9. The van der Waals surface area contributed by atoms with Crippen molar-refractivity contribution in [1.29, 1.82) is 0 Å². The van der Waals surface area contributed by atoms with E-state index in [0.717, 1.165) is 86.9 Å². The summed E-state index contributed by atoms with van der Waals surface area (Å²) < 4.78 is 2.01. The Morgan fingerprint density at radius 1 is 1.06 bits per heavy atom. The molecule has 1 N–H and O–H groups in total. The summed E-state index contributed by atoms with van der Waals surface area (Å²) in [5.41, 5.74) is 0.980. The standard InChI is InChI=1S/C25H30ClN5O/c26-19-10-12-20(13-11-19)31-22-8-4-2-1-3-7-21(22)24(28-31)30-16-6-5-9-23(30)25(32)29-17-14-27-15-18-29/h1,3,7-8,10-13,23,27H,2,4-6,9,14-18H2. The molecule has 1 unspecified atom stereocenters. The SMILES string of the molecule is O=C(C1CCCCN1c1nn(-c2ccc(Cl)cc2)c2c1=CC=CCCC=2)N1CCNCC1. The van der Waals surface area contributed by atoms with E-state index in [4.69, 9.17) is 16.7 Å². The van der Waals surface area contributed by atoms with Crippen molar-refractivity contribution in [3.8, 4) is 5.69 Å². The molecule has 1 aromatic heterocycles. The van der Waals surface area contributed by atoms with Gasteiger partial charge in [0.25, 0.3) is 0 Å². The van der Waals surface area contributed by atoms with Crippen molar-refractivity contribution in [2.24, 2.45) is 0 Å². The van der Waals surface area contributed by atoms with Crippen LogP contribution >= 0.6 is 11.6 Å². The molecular formula is C25H30ClN5O. The number of nitrogens with one attached hydrogen (secondary N) is 1. The van der Waals surface area contributed by atoms with Crippen LogP contribution in [0.15, 0.2) is 36.4 Å². The fourth-order valence-electron chi connectivity index (χ4n) is 4.89. The van der Waals surface area contributed by atoms with E-state index < -0.39 is 0 Å². The maximum Gasteiger partial charge on any atom is 0.245 e. The van der Waals surface area contributed by atoms with Crippen LogP contribution in [-0.2, 0) is 4.79 Å². The van der Waals surface area contributed by atoms with E-state index in [2.05, 4.69) is 34.5 Å². The van der Waals surface area contributed by atoms with Gasteiger partial charge in [-0.2, -0.15) is 0 Å². The van der Waals surface area contributed by atoms with Crippen LogP contribution in [0.2, 0.25) is 5.02 Å². The molecule has 32 heavy (non-hydrogen) atoms. The molecule has 0 spiro atoms. The second-order valence-electron chi connectivity index (χ2n) is 8.67. The van der Waals surface area contributed by atoms with Crippen LogP contribution in [-0.4, -0.2) is 59.4 Å². The van der Waals surface area contributed by atoms with Crippen molar-refractivity contribution in [2.45, 2.75) is 38.1 Å². The number of fused-ring (bicyclic) bond motifs is 1. The minimum Gasteiger partial charge on any atom is -0.343 e. The molecule has 2 aromatic rings. The number of hydrogen-bond acceptors (Lipinski definition) is 4. The average Bonchev–Trinajstić information content (AvgIpc) is 3.16. The number of allylic oxidation sites excluding steroid dienone is 2. The summed E-state index contributed by atoms with van der Waals surface area (Å²) in [5, 5.41) is 11.3. The molecule has 168 valence electrons. The van der Waals surface area contributed by atoms with Gasteiger partial charge in [0.1, 0.15) is 6.04 Å². The average molecular weight is 452 g/mol. The van der Waals surface area contributed by atoms with E-state index in [1.54, 1.807) is 0 Å². The predicted molar refractivity (Wildman–Crippen MR) is 130 cm³/mol. The zero-order valence-electron chi connectivity index (χ0n) is 18.3. The first-order chi connectivity index (χ1) is 15.7. The molecule has 1 amide bonds. The molecule has 0 bridgehead atoms. The van der Waals surface area contributed by atoms with Gasteiger partial charge in [-0.05, 0) is 62.4 Å². The third-order valence-corrected chi connectivity index (χ3v) is 6.82. The summed E-state index contributed by atoms with van der Waals surface area (Å²) in [4.78, 5) is 17.8. The van der Waals surface area contributed by atoms with E-state index in [1.807, 2.05) is 33.8 Å². The van der Waals surface area contributed by atoms with Crippen LogP contribution in [0.3, 0.4) is 0 Å². The number of benzene rings is 1. The molecule has 7 heteroatoms. The van der Waals surface area contributed by atoms with Gasteiger partial charge in [-0.15, -0.1) is 5.10 Å². The van der Waals surface area contributed by atoms with Crippen LogP contribution in [0.25, 0.3) is 17.8 Å². The zero-order valence-corrected chi connectivity index (χ0v) is 19.1. The van der Waals surface area contributed by atoms with Gasteiger partial charge in [0.2, 0.25) is 5.91 Å². The van der Waals surface area contributed by atoms with Gasteiger partial charge in [0.05, 0.1) is 11.0 Å². The minimum atomic E-state index is -0.151. The number of piperazine rings is 1. The summed E-state index contributed by atoms with van der Waals surface area (Å²) in [7, 11) is 0. The van der Waals surface area contributed by atoms with Gasteiger partial charge in [0, 0.05) is 43.0 Å². The summed E-state index contributed by atoms with van der Waals surface area (Å²) in [5.74, 6) is 1.15. The minimum absolute atomic E-state index is 0.151. The van der Waals surface area contributed by atoms with Gasteiger partial charge < -0.3 is 15.1 Å². The van der Waals surface area contributed by atoms with E-state index in [-0.39, 0.29) is 11.9 Å². The number of piperidine rings is 1. The lowest BCUT2D eigenvalue weighted by Gasteiger charge is -2.39. The molecule has 1 atom stereocenters. The highest BCUT2D eigenvalue weighted by Crippen LogP contribution is 2.23. The first-order valence-electron chi connectivity index (χ1n) is 11.7. The number of halogens is 1. The van der Waals surface area contributed by atoms with Crippen molar-refractivity contribution in [3.63, 3.8) is 0 Å². The number of carbonyl (C=O) groups is 1. The van der Waals surface area contributed by atoms with E-state index in [0.29, 0.717) is 5.02 Å². The Kier molecular flexibility index (Phi) is 6.32. The highest BCUT2D eigenvalue weighted by atomic mass is 35.5. The van der Waals surface area contributed by atoms with Crippen LogP contribution in [0.4, 0.5) is 5.82 Å². The van der Waals surface area contributed by atoms with E-state index in [9.17, 15) is 4.79 Å². The summed E-state index contributed by atoms with van der Waals surface area (Å²) >= 11 is 6.14. The smallest absolute Gasteiger partial charge is 0.245 e. The first-order valence-corrected chi connectivity index (χ1v) is 12.1. The quantitative estimate of drug-likeness (QED) is 0.777. The molecule has 1 aromatic carbocycles. The third-order valence-electron chi connectivity index (χ3n) is 6.57. The van der Waals surface area contributed by atoms with Crippen molar-refractivity contribution in [1.82, 2.24) is 20.0 Å². The van der Waals surface area contributed by atoms with Crippen molar-refractivity contribution < 1.29 is 4.79 Å². The number of amides is 1. The fourth-order valence-corrected chi connectivity index (χ4v) is 5.02. The first kappa shape index (κ1) is 21.3. The van der Waals surface area contributed by atoms with E-state index >= 15 is 0 Å². The predicted octanol–water partition coefficient (Wildman–Crippen LogP) is 2.23. The van der Waals surface area contributed by atoms with Crippen molar-refractivity contribution in [3.05, 3.63) is 52.0 Å². The van der Waals surface area contributed by atoms with Gasteiger partial charge in [-0.1, -0.05) is 29.8 Å². The van der Waals surface area contributed by atoms with Crippen LogP contribution < -0.4 is 20.8 Å². The second kappa shape index (κ2) is 9.51. The highest BCUT2D eigenvalue weighted by molar-refractivity contribution is 6.30. The molecule has 3 heterocycles. The number of aromatic nitrogens is 2. The molecule has 5 rings (SSSR count). The van der Waals surface area contributed by atoms with Gasteiger partial charge in [0.15, 0.2) is 5.82 Å². The lowest BCUT2D eigenvalue weighted by molar-refractivity contribution is -0.133. The normalized spacial score (nSPS) is 21.2. The Labute approximate surface area is 193 Å². The van der Waals surface area contributed by atoms with Crippen molar-refractivity contribution >= 4 is 35.5 Å². The molecular weight excluding hydrogens is 422 g/mol. The van der Waals surface area contributed by atoms with Gasteiger partial charge in [-0.3, -0.25) is 4.79 Å². The third kappa shape index (κ3) is 4.21. The molecule has 1 aliphatic carbocycles. The molecule has 0 radical (unpaired) electrons. The molecule has 2 aliphatic heterocycles. The van der Waals surface area contributed by atoms with Gasteiger partial charge >= 0.3 is 0 Å². The monoisotopic (exact) mass is 451 g/mol. The number of nitrogens with zero attached hydrogens (tertiary/aromatic N) is 4. The Bertz CT molecular complexity index is 1110. The lowest BCUT2D eigenvalue weighted by atomic mass is 10.00.